The minimum atomic E-state index is -3.94. The molecule has 2 heterocycles. The molecule has 0 N–H and O–H groups in total. The first-order chi connectivity index (χ1) is 8.32. The van der Waals surface area contributed by atoms with Gasteiger partial charge < -0.3 is 0 Å². The molecule has 0 amide bonds. The molecule has 0 radical (unpaired) electrons. The summed E-state index contributed by atoms with van der Waals surface area (Å²) in [6, 6.07) is 1.86. The molecule has 2 rings (SSSR count). The lowest BCUT2D eigenvalue weighted by Crippen LogP contribution is -2.01. The van der Waals surface area contributed by atoms with Crippen molar-refractivity contribution in [1.29, 1.82) is 0 Å². The van der Waals surface area contributed by atoms with E-state index in [0.29, 0.717) is 0 Å². The lowest BCUT2D eigenvalue weighted by Gasteiger charge is -2.06. The monoisotopic (exact) mass is 306 g/mol. The van der Waals surface area contributed by atoms with Gasteiger partial charge in [-0.25, -0.2) is 13.4 Å². The average molecular weight is 307 g/mol. The zero-order chi connectivity index (χ0) is 13.5. The van der Waals surface area contributed by atoms with Crippen molar-refractivity contribution in [3.8, 4) is 0 Å². The highest BCUT2D eigenvalue weighted by Gasteiger charge is 2.20. The number of halogens is 1. The second kappa shape index (κ2) is 4.67. The Morgan fingerprint density at radius 1 is 1.39 bits per heavy atom. The molecule has 0 saturated carbocycles. The first-order valence-electron chi connectivity index (χ1n) is 5.09. The Hall–Kier alpha value is -0.860. The Morgan fingerprint density at radius 2 is 2.06 bits per heavy atom. The Kier molecular flexibility index (Phi) is 3.52. The van der Waals surface area contributed by atoms with Crippen LogP contribution in [0.2, 0.25) is 0 Å². The van der Waals surface area contributed by atoms with Gasteiger partial charge in [0, 0.05) is 16.4 Å². The van der Waals surface area contributed by atoms with E-state index in [4.69, 9.17) is 10.7 Å². The highest BCUT2D eigenvalue weighted by Crippen LogP contribution is 2.22. The number of thioether (sulfide) groups is 1. The van der Waals surface area contributed by atoms with E-state index in [1.165, 1.54) is 16.3 Å². The third-order valence-electron chi connectivity index (χ3n) is 2.30. The first-order valence-corrected chi connectivity index (χ1v) is 8.62. The Balaban J connectivity index is 2.75. The van der Waals surface area contributed by atoms with E-state index in [-0.39, 0.29) is 11.7 Å². The van der Waals surface area contributed by atoms with Crippen molar-refractivity contribution in [3.05, 3.63) is 11.8 Å². The van der Waals surface area contributed by atoms with Crippen LogP contribution in [-0.4, -0.2) is 34.3 Å². The first kappa shape index (κ1) is 13.6. The normalized spacial score (nSPS) is 12.5. The summed E-state index contributed by atoms with van der Waals surface area (Å²) in [6.07, 6.45) is 1.87. The van der Waals surface area contributed by atoms with Crippen molar-refractivity contribution < 1.29 is 8.42 Å². The summed E-state index contributed by atoms with van der Waals surface area (Å²) >= 11 is 1.44. The topological polar surface area (TPSA) is 77.2 Å². The van der Waals surface area contributed by atoms with E-state index in [0.717, 1.165) is 10.7 Å². The zero-order valence-electron chi connectivity index (χ0n) is 9.95. The zero-order valence-corrected chi connectivity index (χ0v) is 12.3. The van der Waals surface area contributed by atoms with Crippen molar-refractivity contribution in [1.82, 2.24) is 19.6 Å². The molecule has 0 aliphatic rings. The van der Waals surface area contributed by atoms with Gasteiger partial charge >= 0.3 is 0 Å². The van der Waals surface area contributed by atoms with E-state index >= 15 is 0 Å². The molecule has 0 bridgehead atoms. The highest BCUT2D eigenvalue weighted by atomic mass is 35.7. The lowest BCUT2D eigenvalue weighted by molar-refractivity contribution is 0.600. The van der Waals surface area contributed by atoms with Crippen molar-refractivity contribution in [2.75, 3.05) is 6.26 Å². The fourth-order valence-electron chi connectivity index (χ4n) is 1.39. The number of hydrogen-bond donors (Lipinski definition) is 0. The fourth-order valence-corrected chi connectivity index (χ4v) is 2.49. The van der Waals surface area contributed by atoms with E-state index < -0.39 is 14.2 Å². The van der Waals surface area contributed by atoms with Gasteiger partial charge in [0.15, 0.2) is 0 Å². The molecule has 0 saturated heterocycles. The number of rotatable bonds is 3. The second-order valence-electron chi connectivity index (χ2n) is 3.92. The molecule has 0 aliphatic carbocycles. The van der Waals surface area contributed by atoms with E-state index in [1.54, 1.807) is 0 Å². The third-order valence-corrected chi connectivity index (χ3v) is 4.03. The molecule has 2 aromatic rings. The van der Waals surface area contributed by atoms with Gasteiger partial charge in [-0.2, -0.15) is 9.50 Å². The lowest BCUT2D eigenvalue weighted by atomic mass is 10.1. The van der Waals surface area contributed by atoms with Crippen LogP contribution in [0.5, 0.6) is 0 Å². The van der Waals surface area contributed by atoms with E-state index in [1.807, 2.05) is 26.2 Å². The molecule has 0 unspecified atom stereocenters. The predicted molar refractivity (Wildman–Crippen MR) is 69.7 cm³/mol. The highest BCUT2D eigenvalue weighted by molar-refractivity contribution is 8.13. The molecule has 0 spiro atoms. The van der Waals surface area contributed by atoms with Crippen LogP contribution in [0, 0.1) is 0 Å². The van der Waals surface area contributed by atoms with Gasteiger partial charge in [0.2, 0.25) is 0 Å². The molecule has 18 heavy (non-hydrogen) atoms. The van der Waals surface area contributed by atoms with Crippen LogP contribution < -0.4 is 0 Å². The number of nitrogens with zero attached hydrogens (tertiary/aromatic N) is 4. The van der Waals surface area contributed by atoms with Crippen LogP contribution in [0.25, 0.3) is 5.78 Å². The van der Waals surface area contributed by atoms with Crippen molar-refractivity contribution in [3.63, 3.8) is 0 Å². The molecular formula is C9H11ClN4O2S2. The van der Waals surface area contributed by atoms with Crippen LogP contribution in [0.15, 0.2) is 16.2 Å². The van der Waals surface area contributed by atoms with Gasteiger partial charge in [0.25, 0.3) is 20.0 Å². The fraction of sp³-hybridized carbons (Fsp3) is 0.444. The largest absolute Gasteiger partial charge is 0.298 e. The van der Waals surface area contributed by atoms with Gasteiger partial charge in [-0.1, -0.05) is 13.8 Å². The van der Waals surface area contributed by atoms with E-state index in [9.17, 15) is 8.42 Å². The summed E-state index contributed by atoms with van der Waals surface area (Å²) < 4.78 is 23.8. The summed E-state index contributed by atoms with van der Waals surface area (Å²) in [5, 5.41) is 4.20. The smallest absolute Gasteiger partial charge is 0.216 e. The minimum absolute atomic E-state index is 0.216. The van der Waals surface area contributed by atoms with Crippen molar-refractivity contribution in [2.45, 2.75) is 29.9 Å². The summed E-state index contributed by atoms with van der Waals surface area (Å²) in [6.45, 7) is 4.00. The molecule has 0 aromatic carbocycles. The number of fused-ring (bicyclic) bond motifs is 1. The summed E-state index contributed by atoms with van der Waals surface area (Å²) in [7, 11) is 1.28. The average Bonchev–Trinajstić information content (AvgIpc) is 2.70. The van der Waals surface area contributed by atoms with Crippen molar-refractivity contribution >= 4 is 37.3 Å². The van der Waals surface area contributed by atoms with Crippen LogP contribution in [0.4, 0.5) is 0 Å². The molecule has 2 aromatic heterocycles. The Morgan fingerprint density at radius 3 is 2.56 bits per heavy atom. The maximum Gasteiger partial charge on any atom is 0.298 e. The van der Waals surface area contributed by atoms with Gasteiger partial charge in [-0.05, 0) is 18.2 Å². The summed E-state index contributed by atoms with van der Waals surface area (Å²) in [5.74, 6) is 0.457. The molecular weight excluding hydrogens is 296 g/mol. The molecule has 98 valence electrons. The van der Waals surface area contributed by atoms with E-state index in [2.05, 4.69) is 15.1 Å². The number of hydrogen-bond acceptors (Lipinski definition) is 6. The number of aromatic nitrogens is 4. The maximum absolute atomic E-state index is 11.2. The van der Waals surface area contributed by atoms with Gasteiger partial charge in [0.05, 0.1) is 0 Å². The molecule has 0 aliphatic heterocycles. The van der Waals surface area contributed by atoms with Crippen molar-refractivity contribution in [2.24, 2.45) is 0 Å². The summed E-state index contributed by atoms with van der Waals surface area (Å²) in [5.41, 5.74) is 0.831. The molecule has 6 nitrogen and oxygen atoms in total. The van der Waals surface area contributed by atoms with Crippen LogP contribution in [0.3, 0.4) is 0 Å². The van der Waals surface area contributed by atoms with Gasteiger partial charge in [-0.15, -0.1) is 16.9 Å². The predicted octanol–water partition coefficient (Wildman–Crippen LogP) is 1.90. The van der Waals surface area contributed by atoms with Crippen LogP contribution >= 0.6 is 22.4 Å². The Labute approximate surface area is 113 Å². The van der Waals surface area contributed by atoms with Crippen LogP contribution in [-0.2, 0) is 9.05 Å². The third kappa shape index (κ3) is 2.45. The Bertz CT molecular complexity index is 696. The van der Waals surface area contributed by atoms with Gasteiger partial charge in [-0.3, -0.25) is 0 Å². The maximum atomic E-state index is 11.2. The summed E-state index contributed by atoms with van der Waals surface area (Å²) in [4.78, 5) is 8.11. The quantitative estimate of drug-likeness (QED) is 0.489. The second-order valence-corrected chi connectivity index (χ2v) is 7.21. The molecule has 0 atom stereocenters. The SMILES string of the molecule is CSc1cc(C(C)C)nc2nc(S(=O)(=O)Cl)nn12. The minimum Gasteiger partial charge on any atom is -0.216 e. The molecule has 0 fully saturated rings. The van der Waals surface area contributed by atoms with Gasteiger partial charge in [0.1, 0.15) is 5.03 Å². The standard InChI is InChI=1S/C9H11ClN4O2S2/c1-5(2)6-4-7(17-3)14-8(11-6)12-9(13-14)18(10,15)16/h4-5H,1-3H3. The molecule has 9 heteroatoms. The van der Waals surface area contributed by atoms with Crippen LogP contribution in [0.1, 0.15) is 25.5 Å².